The van der Waals surface area contributed by atoms with Crippen LogP contribution in [0.3, 0.4) is 0 Å². The molecule has 0 saturated carbocycles. The summed E-state index contributed by atoms with van der Waals surface area (Å²) in [6, 6.07) is 27.2. The molecule has 0 atom stereocenters. The van der Waals surface area contributed by atoms with Gasteiger partial charge in [-0.05, 0) is 66.1 Å². The third kappa shape index (κ3) is 5.53. The maximum Gasteiger partial charge on any atom is 0.417 e. The Hall–Kier alpha value is -6.16. The van der Waals surface area contributed by atoms with Gasteiger partial charge in [-0.3, -0.25) is 9.59 Å². The van der Waals surface area contributed by atoms with E-state index in [0.717, 1.165) is 16.5 Å². The number of rotatable bonds is 6. The third-order valence-electron chi connectivity index (χ3n) is 8.90. The largest absolute Gasteiger partial charge is 0.417 e. The monoisotopic (exact) mass is 692 g/mol. The van der Waals surface area contributed by atoms with E-state index in [2.05, 4.69) is 6.58 Å². The van der Waals surface area contributed by atoms with Gasteiger partial charge >= 0.3 is 12.4 Å². The van der Waals surface area contributed by atoms with E-state index in [1.165, 1.54) is 12.1 Å². The molecule has 1 aliphatic heterocycles. The van der Waals surface area contributed by atoms with E-state index in [9.17, 15) is 35.9 Å². The molecule has 0 unspecified atom stereocenters. The summed E-state index contributed by atoms with van der Waals surface area (Å²) in [4.78, 5) is 29.7. The molecular weight excluding hydrogens is 666 g/mol. The van der Waals surface area contributed by atoms with Crippen molar-refractivity contribution in [3.63, 3.8) is 0 Å². The maximum atomic E-state index is 14.5. The highest BCUT2D eigenvalue weighted by molar-refractivity contribution is 6.25. The van der Waals surface area contributed by atoms with Crippen LogP contribution in [-0.4, -0.2) is 21.3 Å². The predicted molar refractivity (Wildman–Crippen MR) is 185 cm³/mol. The zero-order chi connectivity index (χ0) is 36.2. The number of amides is 2. The lowest BCUT2D eigenvalue weighted by Crippen LogP contribution is -2.29. The topological polar surface area (TPSA) is 42.3 Å². The van der Waals surface area contributed by atoms with Gasteiger partial charge < -0.3 is 4.57 Å². The van der Waals surface area contributed by atoms with E-state index in [1.807, 2.05) is 36.4 Å². The van der Waals surface area contributed by atoms with Crippen LogP contribution in [0, 0.1) is 0 Å². The summed E-state index contributed by atoms with van der Waals surface area (Å²) < 4.78 is 84.8. The molecule has 254 valence electrons. The first kappa shape index (κ1) is 33.3. The van der Waals surface area contributed by atoms with E-state index in [-0.39, 0.29) is 22.8 Å². The molecule has 4 nitrogen and oxygen atoms in total. The lowest BCUT2D eigenvalue weighted by molar-refractivity contribution is -0.142. The molecule has 0 spiro atoms. The second-order valence-corrected chi connectivity index (χ2v) is 11.9. The number of fused-ring (bicyclic) bond motifs is 4. The van der Waals surface area contributed by atoms with Gasteiger partial charge in [0.1, 0.15) is 0 Å². The van der Waals surface area contributed by atoms with Gasteiger partial charge in [-0.15, -0.1) is 0 Å². The number of para-hydroxylation sites is 1. The second kappa shape index (κ2) is 12.3. The van der Waals surface area contributed by atoms with Crippen molar-refractivity contribution < 1.29 is 35.9 Å². The van der Waals surface area contributed by atoms with Crippen LogP contribution in [0.15, 0.2) is 140 Å². The van der Waals surface area contributed by atoms with Gasteiger partial charge in [-0.25, -0.2) is 4.90 Å². The predicted octanol–water partition coefficient (Wildman–Crippen LogP) is 11.3. The van der Waals surface area contributed by atoms with Gasteiger partial charge in [0, 0.05) is 16.3 Å². The van der Waals surface area contributed by atoms with Crippen LogP contribution in [0.5, 0.6) is 0 Å². The van der Waals surface area contributed by atoms with Crippen LogP contribution in [-0.2, 0) is 12.4 Å². The number of aromatic nitrogens is 1. The summed E-state index contributed by atoms with van der Waals surface area (Å²) in [5.41, 5.74) is -0.200. The summed E-state index contributed by atoms with van der Waals surface area (Å²) in [7, 11) is 0. The Morgan fingerprint density at radius 3 is 2.08 bits per heavy atom. The van der Waals surface area contributed by atoms with Crippen LogP contribution in [0.25, 0.3) is 44.2 Å². The highest BCUT2D eigenvalue weighted by Gasteiger charge is 2.41. The minimum absolute atomic E-state index is 0.0148. The van der Waals surface area contributed by atoms with Crippen LogP contribution >= 0.6 is 0 Å². The van der Waals surface area contributed by atoms with Crippen molar-refractivity contribution in [2.75, 3.05) is 0 Å². The highest BCUT2D eigenvalue weighted by atomic mass is 19.4. The quantitative estimate of drug-likeness (QED) is 0.0991. The zero-order valence-electron chi connectivity index (χ0n) is 26.8. The number of imide groups is 1. The summed E-state index contributed by atoms with van der Waals surface area (Å²) in [5, 5.41) is 1.33. The summed E-state index contributed by atoms with van der Waals surface area (Å²) >= 11 is 0. The molecule has 6 aromatic rings. The van der Waals surface area contributed by atoms with E-state index in [1.54, 1.807) is 72.2 Å². The molecule has 0 N–H and O–H groups in total. The molecule has 0 bridgehead atoms. The fourth-order valence-electron chi connectivity index (χ4n) is 6.71. The first-order valence-corrected chi connectivity index (χ1v) is 15.7. The number of nitrogens with zero attached hydrogens (tertiary/aromatic N) is 2. The first-order valence-electron chi connectivity index (χ1n) is 15.7. The number of hydrogen-bond acceptors (Lipinski definition) is 2. The molecule has 1 aromatic heterocycles. The smallest absolute Gasteiger partial charge is 0.308 e. The van der Waals surface area contributed by atoms with E-state index in [4.69, 9.17) is 0 Å². The van der Waals surface area contributed by atoms with Gasteiger partial charge in [0.05, 0.1) is 44.7 Å². The SMILES string of the molecule is C=C/C(=C(\C=C/C)N1C(=O)c2cccc(-n3c4ccccc4c4ccc(-c5ccc(C(F)(F)F)cc5C(F)(F)F)cc43)c2C1=O)c1ccccc1. The maximum absolute atomic E-state index is 14.5. The molecular formula is C41H26F6N2O2. The van der Waals surface area contributed by atoms with Gasteiger partial charge in [0.25, 0.3) is 11.8 Å². The number of carbonyl (C=O) groups excluding carboxylic acids is 2. The third-order valence-corrected chi connectivity index (χ3v) is 8.90. The first-order chi connectivity index (χ1) is 24.3. The lowest BCUT2D eigenvalue weighted by atomic mass is 9.96. The molecule has 1 aliphatic rings. The average Bonchev–Trinajstić information content (AvgIpc) is 3.57. The molecule has 5 aromatic carbocycles. The molecule has 51 heavy (non-hydrogen) atoms. The van der Waals surface area contributed by atoms with E-state index >= 15 is 0 Å². The molecule has 0 aliphatic carbocycles. The number of hydrogen-bond donors (Lipinski definition) is 0. The Morgan fingerprint density at radius 2 is 1.39 bits per heavy atom. The van der Waals surface area contributed by atoms with Gasteiger partial charge in [0.2, 0.25) is 0 Å². The molecule has 2 amide bonds. The Kier molecular flexibility index (Phi) is 8.05. The Morgan fingerprint density at radius 1 is 0.686 bits per heavy atom. The minimum Gasteiger partial charge on any atom is -0.308 e. The second-order valence-electron chi connectivity index (χ2n) is 11.9. The molecule has 10 heteroatoms. The zero-order valence-corrected chi connectivity index (χ0v) is 26.8. The molecule has 0 fully saturated rings. The fourth-order valence-corrected chi connectivity index (χ4v) is 6.71. The Balaban J connectivity index is 1.47. The van der Waals surface area contributed by atoms with Crippen LogP contribution in [0.1, 0.15) is 44.3 Å². The molecule has 2 heterocycles. The number of carbonyl (C=O) groups is 2. The average molecular weight is 693 g/mol. The van der Waals surface area contributed by atoms with E-state index < -0.39 is 40.9 Å². The number of allylic oxidation sites excluding steroid dienone is 4. The number of benzene rings is 5. The number of alkyl halides is 6. The van der Waals surface area contributed by atoms with Crippen LogP contribution in [0.2, 0.25) is 0 Å². The molecule has 0 saturated heterocycles. The van der Waals surface area contributed by atoms with Crippen molar-refractivity contribution >= 4 is 39.2 Å². The van der Waals surface area contributed by atoms with Crippen molar-refractivity contribution in [2.45, 2.75) is 19.3 Å². The van der Waals surface area contributed by atoms with Gasteiger partial charge in [-0.1, -0.05) is 91.5 Å². The van der Waals surface area contributed by atoms with Crippen molar-refractivity contribution in [1.82, 2.24) is 9.47 Å². The molecule has 0 radical (unpaired) electrons. The lowest BCUT2D eigenvalue weighted by Gasteiger charge is -2.19. The van der Waals surface area contributed by atoms with Crippen LogP contribution < -0.4 is 0 Å². The van der Waals surface area contributed by atoms with Crippen LogP contribution in [0.4, 0.5) is 26.3 Å². The van der Waals surface area contributed by atoms with Crippen molar-refractivity contribution in [3.05, 3.63) is 168 Å². The highest BCUT2D eigenvalue weighted by Crippen LogP contribution is 2.44. The summed E-state index contributed by atoms with van der Waals surface area (Å²) in [6.07, 6.45) is -5.13. The minimum atomic E-state index is -5.09. The van der Waals surface area contributed by atoms with E-state index in [0.29, 0.717) is 44.8 Å². The van der Waals surface area contributed by atoms with Crippen molar-refractivity contribution in [1.29, 1.82) is 0 Å². The Labute approximate surface area is 287 Å². The van der Waals surface area contributed by atoms with Gasteiger partial charge in [0.15, 0.2) is 0 Å². The Bertz CT molecular complexity index is 2470. The van der Waals surface area contributed by atoms with Crippen molar-refractivity contribution in [3.8, 4) is 16.8 Å². The normalized spacial score (nSPS) is 14.1. The summed E-state index contributed by atoms with van der Waals surface area (Å²) in [5.74, 6) is -1.18. The standard InChI is InChI=1S/C41H26F6N2O2/c1-3-11-33(27(4-2)24-12-6-5-7-13-24)49-38(50)31-15-10-17-35(37(31)39(49)51)48-34-16-9-8-14-29(34)30-20-18-25(22-36(30)48)28-21-19-26(40(42,43)44)23-32(28)41(45,46)47/h3-23H,2H2,1H3/b11-3-,33-27-. The fraction of sp³-hybridized carbons (Fsp3) is 0.0732. The van der Waals surface area contributed by atoms with Crippen molar-refractivity contribution in [2.24, 2.45) is 0 Å². The number of halogens is 6. The molecule has 7 rings (SSSR count). The summed E-state index contributed by atoms with van der Waals surface area (Å²) in [6.45, 7) is 5.69. The van der Waals surface area contributed by atoms with Gasteiger partial charge in [-0.2, -0.15) is 26.3 Å².